The van der Waals surface area contributed by atoms with Crippen LogP contribution in [0.25, 0.3) is 6.08 Å². The molecule has 5 nitrogen and oxygen atoms in total. The SMILES string of the molecule is COc1cc(/C=C/C23NC(=O)CCN2c2ccc(C)cc2C3(C)C)ccc1OCc1cccc(Cl)c1. The van der Waals surface area contributed by atoms with Crippen LogP contribution in [0, 0.1) is 6.92 Å². The molecule has 0 bridgehead atoms. The number of fused-ring (bicyclic) bond motifs is 3. The van der Waals surface area contributed by atoms with Crippen molar-refractivity contribution in [2.45, 2.75) is 44.9 Å². The molecule has 0 spiro atoms. The number of aryl methyl sites for hydroxylation is 1. The van der Waals surface area contributed by atoms with Gasteiger partial charge in [0.25, 0.3) is 0 Å². The Morgan fingerprint density at radius 1 is 1.08 bits per heavy atom. The zero-order valence-corrected chi connectivity index (χ0v) is 21.9. The van der Waals surface area contributed by atoms with E-state index in [-0.39, 0.29) is 11.3 Å². The summed E-state index contributed by atoms with van der Waals surface area (Å²) >= 11 is 6.09. The number of nitrogens with one attached hydrogen (secondary N) is 1. The van der Waals surface area contributed by atoms with E-state index in [0.29, 0.717) is 36.1 Å². The summed E-state index contributed by atoms with van der Waals surface area (Å²) in [5.41, 5.74) is 4.59. The summed E-state index contributed by atoms with van der Waals surface area (Å²) in [6, 6.07) is 20.0. The minimum absolute atomic E-state index is 0.0656. The third kappa shape index (κ3) is 4.11. The number of anilines is 1. The summed E-state index contributed by atoms with van der Waals surface area (Å²) in [5.74, 6) is 1.37. The van der Waals surface area contributed by atoms with Gasteiger partial charge in [-0.2, -0.15) is 0 Å². The Bertz CT molecular complexity index is 1350. The molecule has 2 heterocycles. The Morgan fingerprint density at radius 2 is 1.92 bits per heavy atom. The smallest absolute Gasteiger partial charge is 0.223 e. The Hall–Kier alpha value is -3.44. The normalized spacial score (nSPS) is 20.1. The van der Waals surface area contributed by atoms with Gasteiger partial charge in [-0.3, -0.25) is 4.79 Å². The molecule has 3 aromatic carbocycles. The van der Waals surface area contributed by atoms with Crippen LogP contribution in [-0.4, -0.2) is 25.2 Å². The lowest BCUT2D eigenvalue weighted by atomic mass is 9.74. The van der Waals surface area contributed by atoms with Gasteiger partial charge < -0.3 is 19.7 Å². The second-order valence-electron chi connectivity index (χ2n) is 10.0. The molecule has 1 saturated heterocycles. The number of nitrogens with zero attached hydrogens (tertiary/aromatic N) is 1. The van der Waals surface area contributed by atoms with Gasteiger partial charge >= 0.3 is 0 Å². The van der Waals surface area contributed by atoms with Crippen LogP contribution in [0.4, 0.5) is 5.69 Å². The van der Waals surface area contributed by atoms with Gasteiger partial charge in [0.1, 0.15) is 12.3 Å². The largest absolute Gasteiger partial charge is 0.493 e. The quantitative estimate of drug-likeness (QED) is 0.432. The summed E-state index contributed by atoms with van der Waals surface area (Å²) in [7, 11) is 1.63. The van der Waals surface area contributed by atoms with Gasteiger partial charge in [-0.1, -0.05) is 67.4 Å². The number of rotatable bonds is 6. The summed E-state index contributed by atoms with van der Waals surface area (Å²) in [6.07, 6.45) is 4.66. The van der Waals surface area contributed by atoms with Gasteiger partial charge in [0, 0.05) is 29.1 Å². The Labute approximate surface area is 217 Å². The van der Waals surface area contributed by atoms with E-state index in [0.717, 1.165) is 11.1 Å². The van der Waals surface area contributed by atoms with Crippen LogP contribution in [-0.2, 0) is 16.8 Å². The molecule has 36 heavy (non-hydrogen) atoms. The lowest BCUT2D eigenvalue weighted by Gasteiger charge is -2.49. The Morgan fingerprint density at radius 3 is 2.69 bits per heavy atom. The van der Waals surface area contributed by atoms with E-state index in [1.54, 1.807) is 7.11 Å². The van der Waals surface area contributed by atoms with Crippen LogP contribution in [0.15, 0.2) is 66.7 Å². The van der Waals surface area contributed by atoms with E-state index in [1.165, 1.54) is 16.8 Å². The fourth-order valence-corrected chi connectivity index (χ4v) is 5.59. The van der Waals surface area contributed by atoms with Gasteiger partial charge in [0.2, 0.25) is 5.91 Å². The van der Waals surface area contributed by atoms with Crippen molar-refractivity contribution in [3.63, 3.8) is 0 Å². The molecule has 1 unspecified atom stereocenters. The minimum atomic E-state index is -0.659. The van der Waals surface area contributed by atoms with E-state index in [2.05, 4.69) is 61.3 Å². The summed E-state index contributed by atoms with van der Waals surface area (Å²) in [4.78, 5) is 15.0. The molecule has 0 saturated carbocycles. The number of hydrogen-bond acceptors (Lipinski definition) is 4. The van der Waals surface area contributed by atoms with Gasteiger partial charge in [0.05, 0.1) is 7.11 Å². The highest BCUT2D eigenvalue weighted by Gasteiger charge is 2.57. The Balaban J connectivity index is 1.45. The van der Waals surface area contributed by atoms with Crippen molar-refractivity contribution in [3.8, 4) is 11.5 Å². The lowest BCUT2D eigenvalue weighted by molar-refractivity contribution is -0.124. The van der Waals surface area contributed by atoms with E-state index in [9.17, 15) is 4.79 Å². The molecule has 0 radical (unpaired) electrons. The van der Waals surface area contributed by atoms with Gasteiger partial charge in [-0.25, -0.2) is 0 Å². The molecule has 2 aliphatic heterocycles. The maximum atomic E-state index is 12.7. The molecule has 1 N–H and O–H groups in total. The van der Waals surface area contributed by atoms with Gasteiger partial charge in [-0.05, 0) is 60.0 Å². The van der Waals surface area contributed by atoms with Crippen molar-refractivity contribution in [2.75, 3.05) is 18.6 Å². The second kappa shape index (κ2) is 9.21. The molecule has 186 valence electrons. The Kier molecular flexibility index (Phi) is 6.21. The molecule has 1 atom stereocenters. The van der Waals surface area contributed by atoms with E-state index in [4.69, 9.17) is 21.1 Å². The molecule has 5 rings (SSSR count). The number of carbonyl (C=O) groups is 1. The maximum Gasteiger partial charge on any atom is 0.223 e. The fourth-order valence-electron chi connectivity index (χ4n) is 5.38. The summed E-state index contributed by atoms with van der Waals surface area (Å²) < 4.78 is 11.6. The zero-order valence-electron chi connectivity index (χ0n) is 21.1. The van der Waals surface area contributed by atoms with Crippen molar-refractivity contribution in [2.24, 2.45) is 0 Å². The number of carbonyl (C=O) groups excluding carboxylic acids is 1. The molecule has 6 heteroatoms. The number of benzene rings is 3. The number of hydrogen-bond donors (Lipinski definition) is 1. The first kappa shape index (κ1) is 24.3. The maximum absolute atomic E-state index is 12.7. The van der Waals surface area contributed by atoms with Crippen molar-refractivity contribution in [3.05, 3.63) is 94.0 Å². The standard InChI is InChI=1S/C30H31ClN2O3/c1-20-8-10-25-24(16-20)29(2,3)30(32-28(34)13-15-33(25)30)14-12-21-9-11-26(27(18-21)35-4)36-19-22-6-5-7-23(31)17-22/h5-12,14,16-18H,13,15,19H2,1-4H3,(H,32,34)/b14-12+. The average Bonchev–Trinajstić information content (AvgIpc) is 3.04. The van der Waals surface area contributed by atoms with Gasteiger partial charge in [-0.15, -0.1) is 0 Å². The highest BCUT2D eigenvalue weighted by Crippen LogP contribution is 2.52. The first-order valence-electron chi connectivity index (χ1n) is 12.2. The molecule has 0 aliphatic carbocycles. The highest BCUT2D eigenvalue weighted by molar-refractivity contribution is 6.30. The topological polar surface area (TPSA) is 50.8 Å². The summed E-state index contributed by atoms with van der Waals surface area (Å²) in [6.45, 7) is 7.58. The van der Waals surface area contributed by atoms with Crippen LogP contribution in [0.3, 0.4) is 0 Å². The molecular weight excluding hydrogens is 472 g/mol. The first-order chi connectivity index (χ1) is 17.2. The first-order valence-corrected chi connectivity index (χ1v) is 12.6. The van der Waals surface area contributed by atoms with Crippen LogP contribution >= 0.6 is 11.6 Å². The third-order valence-electron chi connectivity index (χ3n) is 7.38. The lowest BCUT2D eigenvalue weighted by Crippen LogP contribution is -2.68. The number of methoxy groups -OCH3 is 1. The van der Waals surface area contributed by atoms with Crippen molar-refractivity contribution in [1.29, 1.82) is 0 Å². The zero-order chi connectivity index (χ0) is 25.5. The monoisotopic (exact) mass is 502 g/mol. The molecule has 0 aromatic heterocycles. The molecular formula is C30H31ClN2O3. The molecule has 1 fully saturated rings. The van der Waals surface area contributed by atoms with E-state index < -0.39 is 5.66 Å². The van der Waals surface area contributed by atoms with Crippen LogP contribution in [0.5, 0.6) is 11.5 Å². The molecule has 3 aromatic rings. The van der Waals surface area contributed by atoms with E-state index in [1.807, 2.05) is 42.5 Å². The third-order valence-corrected chi connectivity index (χ3v) is 7.61. The van der Waals surface area contributed by atoms with Crippen LogP contribution in [0.1, 0.15) is 42.5 Å². The van der Waals surface area contributed by atoms with Crippen molar-refractivity contribution < 1.29 is 14.3 Å². The number of amides is 1. The minimum Gasteiger partial charge on any atom is -0.493 e. The molecule has 2 aliphatic rings. The predicted octanol–water partition coefficient (Wildman–Crippen LogP) is 6.26. The van der Waals surface area contributed by atoms with Crippen molar-refractivity contribution in [1.82, 2.24) is 5.32 Å². The average molecular weight is 503 g/mol. The van der Waals surface area contributed by atoms with Crippen LogP contribution < -0.4 is 19.7 Å². The number of ether oxygens (including phenoxy) is 2. The number of halogens is 1. The van der Waals surface area contributed by atoms with E-state index >= 15 is 0 Å². The molecule has 1 amide bonds. The highest BCUT2D eigenvalue weighted by atomic mass is 35.5. The second-order valence-corrected chi connectivity index (χ2v) is 10.5. The summed E-state index contributed by atoms with van der Waals surface area (Å²) in [5, 5.41) is 4.01. The van der Waals surface area contributed by atoms with Crippen LogP contribution in [0.2, 0.25) is 5.02 Å². The predicted molar refractivity (Wildman–Crippen MR) is 145 cm³/mol. The fraction of sp³-hybridized carbons (Fsp3) is 0.300. The van der Waals surface area contributed by atoms with Crippen molar-refractivity contribution >= 4 is 29.3 Å². The van der Waals surface area contributed by atoms with Gasteiger partial charge in [0.15, 0.2) is 11.5 Å².